The maximum Gasteiger partial charge on any atom is 0.319 e. The van der Waals surface area contributed by atoms with Crippen molar-refractivity contribution >= 4 is 23.3 Å². The highest BCUT2D eigenvalue weighted by Gasteiger charge is 2.35. The number of carbonyl (C=O) groups excluding carboxylic acids is 2. The summed E-state index contributed by atoms with van der Waals surface area (Å²) in [7, 11) is 0. The molecule has 2 heterocycles. The Morgan fingerprint density at radius 2 is 2.00 bits per heavy atom. The lowest BCUT2D eigenvalue weighted by molar-refractivity contribution is -0.117. The molecule has 1 aliphatic heterocycles. The lowest BCUT2D eigenvalue weighted by Gasteiger charge is -2.16. The van der Waals surface area contributed by atoms with Crippen LogP contribution < -0.4 is 15.5 Å². The van der Waals surface area contributed by atoms with Gasteiger partial charge in [-0.05, 0) is 37.1 Å². The number of nitrogens with one attached hydrogen (secondary N) is 2. The molecule has 1 fully saturated rings. The van der Waals surface area contributed by atoms with Crippen molar-refractivity contribution in [3.63, 3.8) is 0 Å². The van der Waals surface area contributed by atoms with E-state index in [1.165, 1.54) is 0 Å². The van der Waals surface area contributed by atoms with Crippen LogP contribution in [0.5, 0.6) is 0 Å². The Morgan fingerprint density at radius 1 is 1.22 bits per heavy atom. The first-order valence-electron chi connectivity index (χ1n) is 10.7. The first kappa shape index (κ1) is 21.5. The highest BCUT2D eigenvalue weighted by atomic mass is 16.5. The van der Waals surface area contributed by atoms with Crippen LogP contribution in [0.1, 0.15) is 37.6 Å². The molecule has 0 aliphatic carbocycles. The van der Waals surface area contributed by atoms with E-state index in [4.69, 9.17) is 4.52 Å². The Kier molecular flexibility index (Phi) is 6.20. The molecule has 8 nitrogen and oxygen atoms in total. The van der Waals surface area contributed by atoms with Crippen molar-refractivity contribution < 1.29 is 14.1 Å². The normalized spacial score (nSPS) is 15.9. The molecule has 32 heavy (non-hydrogen) atoms. The SMILES string of the molecule is Cc1ccc(N2C[C@@H](c3nc(-c4cccc(NC(=O)NCC(C)C)c4)no3)CC2=O)cc1. The van der Waals surface area contributed by atoms with Crippen molar-refractivity contribution in [2.45, 2.75) is 33.1 Å². The first-order valence-corrected chi connectivity index (χ1v) is 10.7. The molecule has 0 unspecified atom stereocenters. The minimum absolute atomic E-state index is 0.0391. The lowest BCUT2D eigenvalue weighted by atomic mass is 10.1. The fraction of sp³-hybridized carbons (Fsp3) is 0.333. The summed E-state index contributed by atoms with van der Waals surface area (Å²) in [5.74, 6) is 1.11. The van der Waals surface area contributed by atoms with Crippen LogP contribution >= 0.6 is 0 Å². The summed E-state index contributed by atoms with van der Waals surface area (Å²) in [4.78, 5) is 30.9. The molecule has 1 atom stereocenters. The number of hydrogen-bond donors (Lipinski definition) is 2. The van der Waals surface area contributed by atoms with Gasteiger partial charge in [-0.1, -0.05) is 48.8 Å². The molecule has 2 N–H and O–H groups in total. The zero-order valence-corrected chi connectivity index (χ0v) is 18.5. The van der Waals surface area contributed by atoms with Gasteiger partial charge in [-0.2, -0.15) is 4.98 Å². The van der Waals surface area contributed by atoms with Crippen LogP contribution in [0.15, 0.2) is 53.1 Å². The van der Waals surface area contributed by atoms with Crippen molar-refractivity contribution in [3.8, 4) is 11.4 Å². The molecule has 3 aromatic rings. The molecule has 166 valence electrons. The van der Waals surface area contributed by atoms with Gasteiger partial charge in [0, 0.05) is 36.4 Å². The number of rotatable bonds is 6. The zero-order valence-electron chi connectivity index (χ0n) is 18.5. The van der Waals surface area contributed by atoms with Crippen LogP contribution in [-0.4, -0.2) is 35.2 Å². The standard InChI is InChI=1S/C24H27N5O3/c1-15(2)13-25-24(31)26-19-6-4-5-17(11-19)22-27-23(32-28-22)18-12-21(30)29(14-18)20-9-7-16(3)8-10-20/h4-11,15,18H,12-14H2,1-3H3,(H2,25,26,31)/t18-/m0/s1. The van der Waals surface area contributed by atoms with Gasteiger partial charge in [0.2, 0.25) is 17.6 Å². The van der Waals surface area contributed by atoms with E-state index in [9.17, 15) is 9.59 Å². The third kappa shape index (κ3) is 4.96. The monoisotopic (exact) mass is 433 g/mol. The van der Waals surface area contributed by atoms with Crippen LogP contribution in [0.4, 0.5) is 16.2 Å². The fourth-order valence-electron chi connectivity index (χ4n) is 3.57. The summed E-state index contributed by atoms with van der Waals surface area (Å²) in [5.41, 5.74) is 3.38. The van der Waals surface area contributed by atoms with Crippen molar-refractivity contribution in [2.75, 3.05) is 23.3 Å². The summed E-state index contributed by atoms with van der Waals surface area (Å²) in [6.07, 6.45) is 0.327. The van der Waals surface area contributed by atoms with E-state index in [0.29, 0.717) is 42.8 Å². The number of benzene rings is 2. The summed E-state index contributed by atoms with van der Waals surface area (Å²) >= 11 is 0. The van der Waals surface area contributed by atoms with Crippen LogP contribution in [0.25, 0.3) is 11.4 Å². The van der Waals surface area contributed by atoms with Gasteiger partial charge < -0.3 is 20.1 Å². The Balaban J connectivity index is 1.44. The van der Waals surface area contributed by atoms with Gasteiger partial charge in [0.15, 0.2) is 0 Å². The molecule has 0 spiro atoms. The number of nitrogens with zero attached hydrogens (tertiary/aromatic N) is 3. The van der Waals surface area contributed by atoms with Gasteiger partial charge in [-0.3, -0.25) is 4.79 Å². The number of aryl methyl sites for hydroxylation is 1. The van der Waals surface area contributed by atoms with E-state index in [1.807, 2.05) is 57.2 Å². The van der Waals surface area contributed by atoms with E-state index < -0.39 is 0 Å². The average molecular weight is 434 g/mol. The van der Waals surface area contributed by atoms with Crippen molar-refractivity contribution in [3.05, 3.63) is 60.0 Å². The third-order valence-corrected chi connectivity index (χ3v) is 5.31. The van der Waals surface area contributed by atoms with Crippen molar-refractivity contribution in [1.29, 1.82) is 0 Å². The van der Waals surface area contributed by atoms with Gasteiger partial charge >= 0.3 is 6.03 Å². The molecule has 8 heteroatoms. The molecule has 0 radical (unpaired) electrons. The molecule has 0 bridgehead atoms. The molecule has 0 saturated carbocycles. The summed E-state index contributed by atoms with van der Waals surface area (Å²) < 4.78 is 5.50. The molecule has 3 amide bonds. The molecular weight excluding hydrogens is 406 g/mol. The maximum absolute atomic E-state index is 12.6. The predicted molar refractivity (Wildman–Crippen MR) is 122 cm³/mol. The number of carbonyl (C=O) groups is 2. The Bertz CT molecular complexity index is 1110. The minimum Gasteiger partial charge on any atom is -0.339 e. The average Bonchev–Trinajstić information content (AvgIpc) is 3.40. The lowest BCUT2D eigenvalue weighted by Crippen LogP contribution is -2.31. The Morgan fingerprint density at radius 3 is 2.75 bits per heavy atom. The number of aromatic nitrogens is 2. The van der Waals surface area contributed by atoms with Crippen LogP contribution in [-0.2, 0) is 4.79 Å². The number of hydrogen-bond acceptors (Lipinski definition) is 5. The van der Waals surface area contributed by atoms with Gasteiger partial charge in [0.25, 0.3) is 0 Å². The maximum atomic E-state index is 12.6. The predicted octanol–water partition coefficient (Wildman–Crippen LogP) is 4.34. The van der Waals surface area contributed by atoms with E-state index in [0.717, 1.165) is 16.8 Å². The third-order valence-electron chi connectivity index (χ3n) is 5.31. The first-order chi connectivity index (χ1) is 15.4. The van der Waals surface area contributed by atoms with Gasteiger partial charge in [-0.25, -0.2) is 4.79 Å². The molecule has 1 aliphatic rings. The number of urea groups is 1. The summed E-state index contributed by atoms with van der Waals surface area (Å²) in [6.45, 7) is 7.18. The summed E-state index contributed by atoms with van der Waals surface area (Å²) in [6, 6.07) is 14.9. The van der Waals surface area contributed by atoms with E-state index >= 15 is 0 Å². The Labute approximate surface area is 187 Å². The summed E-state index contributed by atoms with van der Waals surface area (Å²) in [5, 5.41) is 9.74. The Hall–Kier alpha value is -3.68. The topological polar surface area (TPSA) is 100 Å². The van der Waals surface area contributed by atoms with E-state index in [-0.39, 0.29) is 17.9 Å². The number of amides is 3. The van der Waals surface area contributed by atoms with Crippen molar-refractivity contribution in [1.82, 2.24) is 15.5 Å². The fourth-order valence-corrected chi connectivity index (χ4v) is 3.57. The zero-order chi connectivity index (χ0) is 22.7. The molecule has 1 saturated heterocycles. The highest BCUT2D eigenvalue weighted by Crippen LogP contribution is 2.32. The van der Waals surface area contributed by atoms with Crippen LogP contribution in [0, 0.1) is 12.8 Å². The van der Waals surface area contributed by atoms with Gasteiger partial charge in [-0.15, -0.1) is 0 Å². The largest absolute Gasteiger partial charge is 0.339 e. The molecule has 4 rings (SSSR count). The molecule has 1 aromatic heterocycles. The van der Waals surface area contributed by atoms with E-state index in [1.54, 1.807) is 17.0 Å². The van der Waals surface area contributed by atoms with E-state index in [2.05, 4.69) is 20.8 Å². The second-order valence-electron chi connectivity index (χ2n) is 8.51. The quantitative estimate of drug-likeness (QED) is 0.602. The highest BCUT2D eigenvalue weighted by molar-refractivity contribution is 5.96. The van der Waals surface area contributed by atoms with Gasteiger partial charge in [0.05, 0.1) is 5.92 Å². The van der Waals surface area contributed by atoms with Crippen molar-refractivity contribution in [2.24, 2.45) is 5.92 Å². The second-order valence-corrected chi connectivity index (χ2v) is 8.51. The minimum atomic E-state index is -0.259. The number of anilines is 2. The van der Waals surface area contributed by atoms with Crippen LogP contribution in [0.2, 0.25) is 0 Å². The van der Waals surface area contributed by atoms with Crippen LogP contribution in [0.3, 0.4) is 0 Å². The molecule has 2 aromatic carbocycles. The second kappa shape index (κ2) is 9.21. The molecular formula is C24H27N5O3. The smallest absolute Gasteiger partial charge is 0.319 e. The van der Waals surface area contributed by atoms with Gasteiger partial charge in [0.1, 0.15) is 0 Å².